The molecular weight excluding hydrogens is 410 g/mol. The molecular formula is C23H31N5O4. The van der Waals surface area contributed by atoms with Gasteiger partial charge >= 0.3 is 5.69 Å². The van der Waals surface area contributed by atoms with E-state index < -0.39 is 11.9 Å². The van der Waals surface area contributed by atoms with Crippen LogP contribution in [0.5, 0.6) is 0 Å². The summed E-state index contributed by atoms with van der Waals surface area (Å²) in [6.45, 7) is 9.00. The highest BCUT2D eigenvalue weighted by Gasteiger charge is 2.31. The second-order valence-corrected chi connectivity index (χ2v) is 9.96. The third kappa shape index (κ3) is 4.16. The van der Waals surface area contributed by atoms with Crippen molar-refractivity contribution in [3.8, 4) is 0 Å². The number of piperazine rings is 1. The van der Waals surface area contributed by atoms with Crippen LogP contribution in [-0.2, 0) is 21.4 Å². The molecule has 4 rings (SSSR count). The molecule has 2 fully saturated rings. The number of benzene rings is 1. The van der Waals surface area contributed by atoms with Gasteiger partial charge in [-0.05, 0) is 30.0 Å². The molecule has 2 aliphatic heterocycles. The lowest BCUT2D eigenvalue weighted by Gasteiger charge is -2.37. The third-order valence-corrected chi connectivity index (χ3v) is 6.27. The van der Waals surface area contributed by atoms with Crippen molar-refractivity contribution in [2.24, 2.45) is 12.5 Å². The smallest absolute Gasteiger partial charge is 0.329 e. The number of fused-ring (bicyclic) bond motifs is 1. The van der Waals surface area contributed by atoms with Gasteiger partial charge in [-0.3, -0.25) is 28.8 Å². The van der Waals surface area contributed by atoms with E-state index in [0.29, 0.717) is 31.4 Å². The summed E-state index contributed by atoms with van der Waals surface area (Å²) in [6.07, 6.45) is 1.07. The van der Waals surface area contributed by atoms with Crippen molar-refractivity contribution < 1.29 is 14.4 Å². The molecule has 172 valence electrons. The van der Waals surface area contributed by atoms with Crippen LogP contribution in [0.4, 0.5) is 5.69 Å². The molecule has 9 heteroatoms. The minimum atomic E-state index is -0.688. The number of imidazole rings is 1. The van der Waals surface area contributed by atoms with Crippen molar-refractivity contribution in [1.82, 2.24) is 19.4 Å². The first-order valence-electron chi connectivity index (χ1n) is 11.1. The second-order valence-electron chi connectivity index (χ2n) is 9.96. The fourth-order valence-electron chi connectivity index (χ4n) is 4.56. The Hall–Kier alpha value is -3.10. The van der Waals surface area contributed by atoms with Gasteiger partial charge in [-0.1, -0.05) is 20.8 Å². The summed E-state index contributed by atoms with van der Waals surface area (Å²) >= 11 is 0. The first kappa shape index (κ1) is 22.1. The first-order valence-corrected chi connectivity index (χ1v) is 11.1. The lowest BCUT2D eigenvalue weighted by atomic mass is 9.91. The molecule has 1 aromatic carbocycles. The molecule has 0 spiro atoms. The number of imide groups is 1. The van der Waals surface area contributed by atoms with Gasteiger partial charge in [0.1, 0.15) is 6.04 Å². The molecule has 0 aliphatic carbocycles. The van der Waals surface area contributed by atoms with Crippen LogP contribution in [0, 0.1) is 5.41 Å². The quantitative estimate of drug-likeness (QED) is 0.727. The molecule has 2 aromatic rings. The van der Waals surface area contributed by atoms with Crippen molar-refractivity contribution in [1.29, 1.82) is 0 Å². The van der Waals surface area contributed by atoms with Crippen molar-refractivity contribution in [3.05, 3.63) is 28.7 Å². The minimum absolute atomic E-state index is 0.0281. The predicted molar refractivity (Wildman–Crippen MR) is 121 cm³/mol. The van der Waals surface area contributed by atoms with E-state index in [-0.39, 0.29) is 29.3 Å². The number of rotatable bonds is 3. The van der Waals surface area contributed by atoms with E-state index in [1.54, 1.807) is 11.6 Å². The van der Waals surface area contributed by atoms with Crippen LogP contribution >= 0.6 is 0 Å². The van der Waals surface area contributed by atoms with Crippen LogP contribution in [-0.4, -0.2) is 57.9 Å². The Kier molecular flexibility index (Phi) is 5.60. The molecule has 32 heavy (non-hydrogen) atoms. The molecule has 2 aliphatic rings. The zero-order chi connectivity index (χ0) is 23.2. The maximum atomic E-state index is 12.9. The third-order valence-electron chi connectivity index (χ3n) is 6.27. The topological polar surface area (TPSA) is 96.6 Å². The molecule has 3 heterocycles. The number of hydrogen-bond donors (Lipinski definition) is 1. The van der Waals surface area contributed by atoms with Crippen molar-refractivity contribution >= 4 is 34.4 Å². The summed E-state index contributed by atoms with van der Waals surface area (Å²) in [5, 5.41) is 2.33. The van der Waals surface area contributed by atoms with Crippen molar-refractivity contribution in [2.45, 2.75) is 46.1 Å². The van der Waals surface area contributed by atoms with Gasteiger partial charge in [-0.25, -0.2) is 4.79 Å². The summed E-state index contributed by atoms with van der Waals surface area (Å²) in [4.78, 5) is 53.5. The molecule has 0 radical (unpaired) electrons. The maximum Gasteiger partial charge on any atom is 0.329 e. The molecule has 3 amide bonds. The van der Waals surface area contributed by atoms with Gasteiger partial charge in [-0.2, -0.15) is 0 Å². The van der Waals surface area contributed by atoms with Gasteiger partial charge in [0.05, 0.1) is 11.0 Å². The van der Waals surface area contributed by atoms with Crippen LogP contribution < -0.4 is 15.9 Å². The number of piperidine rings is 1. The minimum Gasteiger partial charge on any atom is -0.368 e. The van der Waals surface area contributed by atoms with Gasteiger partial charge in [-0.15, -0.1) is 0 Å². The van der Waals surface area contributed by atoms with E-state index in [0.717, 1.165) is 24.3 Å². The number of aromatic nitrogens is 2. The number of nitrogens with one attached hydrogen (secondary N) is 1. The number of amides is 3. The Balaban J connectivity index is 1.55. The van der Waals surface area contributed by atoms with Crippen LogP contribution in [0.2, 0.25) is 0 Å². The van der Waals surface area contributed by atoms with E-state index >= 15 is 0 Å². The zero-order valence-corrected chi connectivity index (χ0v) is 19.2. The second kappa shape index (κ2) is 8.11. The van der Waals surface area contributed by atoms with Gasteiger partial charge in [0.15, 0.2) is 0 Å². The molecule has 1 aromatic heterocycles. The van der Waals surface area contributed by atoms with Crippen LogP contribution in [0.15, 0.2) is 23.0 Å². The Morgan fingerprint density at radius 1 is 1.06 bits per heavy atom. The van der Waals surface area contributed by atoms with E-state index in [1.807, 2.05) is 23.1 Å². The highest BCUT2D eigenvalue weighted by Crippen LogP contribution is 2.27. The zero-order valence-electron chi connectivity index (χ0n) is 19.2. The molecule has 0 bridgehead atoms. The van der Waals surface area contributed by atoms with Gasteiger partial charge < -0.3 is 9.80 Å². The standard InChI is InChI=1S/C23H31N5O4/c1-23(2,3)14-20(30)27-11-9-26(10-12-27)15-5-6-16-18(13-15)25(4)22(32)28(16)17-7-8-19(29)24-21(17)31/h5-6,13,17H,7-12,14H2,1-4H3,(H,24,29,31). The van der Waals surface area contributed by atoms with Gasteiger partial charge in [0.25, 0.3) is 0 Å². The van der Waals surface area contributed by atoms with Crippen LogP contribution in [0.3, 0.4) is 0 Å². The Bertz CT molecular complexity index is 1130. The van der Waals surface area contributed by atoms with Crippen molar-refractivity contribution in [2.75, 3.05) is 31.1 Å². The summed E-state index contributed by atoms with van der Waals surface area (Å²) < 4.78 is 3.04. The average Bonchev–Trinajstić information content (AvgIpc) is 2.97. The first-order chi connectivity index (χ1) is 15.0. The molecule has 2 saturated heterocycles. The SMILES string of the molecule is Cn1c(=O)n(C2CCC(=O)NC2=O)c2ccc(N3CCN(C(=O)CC(C)(C)C)CC3)cc21. The van der Waals surface area contributed by atoms with Gasteiger partial charge in [0, 0.05) is 51.8 Å². The highest BCUT2D eigenvalue weighted by molar-refractivity contribution is 6.00. The van der Waals surface area contributed by atoms with E-state index in [9.17, 15) is 19.2 Å². The van der Waals surface area contributed by atoms with E-state index in [1.165, 1.54) is 4.57 Å². The summed E-state index contributed by atoms with van der Waals surface area (Å²) in [5.41, 5.74) is 2.10. The Labute approximate surface area is 187 Å². The van der Waals surface area contributed by atoms with Gasteiger partial charge in [0.2, 0.25) is 17.7 Å². The lowest BCUT2D eigenvalue weighted by molar-refractivity contribution is -0.136. The molecule has 1 N–H and O–H groups in total. The maximum absolute atomic E-state index is 12.9. The predicted octanol–water partition coefficient (Wildman–Crippen LogP) is 1.40. The van der Waals surface area contributed by atoms with E-state index in [2.05, 4.69) is 31.0 Å². The number of carbonyl (C=O) groups excluding carboxylic acids is 3. The Morgan fingerprint density at radius 2 is 1.75 bits per heavy atom. The molecule has 1 unspecified atom stereocenters. The molecule has 9 nitrogen and oxygen atoms in total. The van der Waals surface area contributed by atoms with Crippen molar-refractivity contribution in [3.63, 3.8) is 0 Å². The Morgan fingerprint density at radius 3 is 2.38 bits per heavy atom. The lowest BCUT2D eigenvalue weighted by Crippen LogP contribution is -2.49. The summed E-state index contributed by atoms with van der Waals surface area (Å²) in [5.74, 6) is -0.547. The molecule has 0 saturated carbocycles. The van der Waals surface area contributed by atoms with Crippen LogP contribution in [0.25, 0.3) is 11.0 Å². The van der Waals surface area contributed by atoms with E-state index in [4.69, 9.17) is 0 Å². The van der Waals surface area contributed by atoms with Crippen LogP contribution in [0.1, 0.15) is 46.1 Å². The normalized spacial score (nSPS) is 20.1. The highest BCUT2D eigenvalue weighted by atomic mass is 16.2. The fraction of sp³-hybridized carbons (Fsp3) is 0.565. The number of aryl methyl sites for hydroxylation is 1. The largest absolute Gasteiger partial charge is 0.368 e. The average molecular weight is 442 g/mol. The molecule has 1 atom stereocenters. The number of hydrogen-bond acceptors (Lipinski definition) is 5. The number of nitrogens with zero attached hydrogens (tertiary/aromatic N) is 4. The monoisotopic (exact) mass is 441 g/mol. The fourth-order valence-corrected chi connectivity index (χ4v) is 4.56. The number of anilines is 1. The summed E-state index contributed by atoms with van der Waals surface area (Å²) in [7, 11) is 1.69. The number of carbonyl (C=O) groups is 3. The summed E-state index contributed by atoms with van der Waals surface area (Å²) in [6, 6.07) is 5.10.